The van der Waals surface area contributed by atoms with Crippen LogP contribution in [-0.4, -0.2) is 80.0 Å². The van der Waals surface area contributed by atoms with Gasteiger partial charge in [0.25, 0.3) is 5.92 Å². The van der Waals surface area contributed by atoms with Gasteiger partial charge >= 0.3 is 7.60 Å². The van der Waals surface area contributed by atoms with E-state index in [0.717, 1.165) is 0 Å². The van der Waals surface area contributed by atoms with Gasteiger partial charge in [0, 0.05) is 18.9 Å². The van der Waals surface area contributed by atoms with Gasteiger partial charge in [-0.05, 0) is 13.8 Å². The van der Waals surface area contributed by atoms with Gasteiger partial charge in [-0.2, -0.15) is 5.26 Å². The van der Waals surface area contributed by atoms with E-state index < -0.39 is 83.8 Å². The minimum absolute atomic E-state index is 0.0761. The lowest BCUT2D eigenvalue weighted by Crippen LogP contribution is -2.44. The van der Waals surface area contributed by atoms with Crippen LogP contribution in [-0.2, 0) is 28.6 Å². The third-order valence-corrected chi connectivity index (χ3v) is 10.4. The molecule has 0 radical (unpaired) electrons. The Labute approximate surface area is 220 Å². The molecule has 4 heterocycles. The normalized spacial score (nSPS) is 28.7. The van der Waals surface area contributed by atoms with Gasteiger partial charge in [-0.3, -0.25) is 9.13 Å². The number of anilines is 1. The molecule has 18 heteroatoms. The highest BCUT2D eigenvalue weighted by atomic mass is 35.5. The van der Waals surface area contributed by atoms with Crippen molar-refractivity contribution in [3.05, 3.63) is 17.0 Å². The Hall–Kier alpha value is -1.96. The predicted molar refractivity (Wildman–Crippen MR) is 127 cm³/mol. The summed E-state index contributed by atoms with van der Waals surface area (Å²) in [6.45, 7) is 3.22. The smallest absolute Gasteiger partial charge is 0.340 e. The first-order chi connectivity index (χ1) is 17.5. The second kappa shape index (κ2) is 9.03. The molecule has 0 bridgehead atoms. The first-order valence-electron chi connectivity index (χ1n) is 11.3. The number of hydrogen-bond donors (Lipinski definition) is 3. The molecule has 2 aromatic rings. The van der Waals surface area contributed by atoms with E-state index in [2.05, 4.69) is 15.3 Å². The molecule has 3 fully saturated rings. The molecule has 0 amide bonds. The van der Waals surface area contributed by atoms with Gasteiger partial charge in [0.05, 0.1) is 17.8 Å². The van der Waals surface area contributed by atoms with Crippen LogP contribution < -0.4 is 5.32 Å². The van der Waals surface area contributed by atoms with E-state index in [1.807, 2.05) is 6.07 Å². The standard InChI is InChI=1S/C20H23ClF2N5O8PS/c1-19(2)35-14-11(6-38(32,33)8-37(29,30)31)34-18(15(14)36-19)28-7-25-13-12(26-9-3-20(22,23)4-9)10(5-24)16(21)27-17(13)28/h7,9,11,14-15,18H,3-4,6,8H2,1-2H3,(H,26,27)(H2,29,30,31)/t11-,14-,15-,18-/m1/s1. The number of pyridine rings is 1. The maximum Gasteiger partial charge on any atom is 0.340 e. The van der Waals surface area contributed by atoms with E-state index in [1.165, 1.54) is 10.9 Å². The fourth-order valence-corrected chi connectivity index (χ4v) is 8.44. The number of alkyl halides is 2. The fraction of sp³-hybridized carbons (Fsp3) is 0.650. The summed E-state index contributed by atoms with van der Waals surface area (Å²) in [5.74, 6) is -4.70. The number of ether oxygens (including phenoxy) is 3. The van der Waals surface area contributed by atoms with E-state index in [-0.39, 0.29) is 27.6 Å². The molecular formula is C20H23ClF2N5O8PS. The Kier molecular flexibility index (Phi) is 6.56. The van der Waals surface area contributed by atoms with Crippen LogP contribution in [0.3, 0.4) is 0 Å². The molecule has 3 N–H and O–H groups in total. The average molecular weight is 598 g/mol. The highest BCUT2D eigenvalue weighted by Crippen LogP contribution is 2.46. The molecule has 13 nitrogen and oxygen atoms in total. The van der Waals surface area contributed by atoms with E-state index >= 15 is 0 Å². The molecule has 2 saturated heterocycles. The lowest BCUT2D eigenvalue weighted by molar-refractivity contribution is -0.193. The van der Waals surface area contributed by atoms with Gasteiger partial charge in [-0.15, -0.1) is 0 Å². The van der Waals surface area contributed by atoms with E-state index in [1.54, 1.807) is 13.8 Å². The van der Waals surface area contributed by atoms with Crippen LogP contribution in [0.5, 0.6) is 0 Å². The van der Waals surface area contributed by atoms with Gasteiger partial charge in [0.15, 0.2) is 38.1 Å². The minimum Gasteiger partial charge on any atom is -0.379 e. The molecule has 5 rings (SSSR count). The predicted octanol–water partition coefficient (Wildman–Crippen LogP) is 2.13. The van der Waals surface area contributed by atoms with E-state index in [9.17, 15) is 27.0 Å². The molecule has 2 aromatic heterocycles. The number of nitriles is 1. The summed E-state index contributed by atoms with van der Waals surface area (Å²) >= 11 is 6.27. The molecule has 3 aliphatic rings. The number of nitrogens with one attached hydrogen (secondary N) is 1. The quantitative estimate of drug-likeness (QED) is 0.312. The summed E-state index contributed by atoms with van der Waals surface area (Å²) in [6.07, 6.45) is -3.58. The molecule has 0 spiro atoms. The van der Waals surface area contributed by atoms with Crippen LogP contribution in [0.1, 0.15) is 38.5 Å². The van der Waals surface area contributed by atoms with Crippen LogP contribution in [0.25, 0.3) is 11.2 Å². The largest absolute Gasteiger partial charge is 0.379 e. The lowest BCUT2D eigenvalue weighted by Gasteiger charge is -2.36. The molecular weight excluding hydrogens is 575 g/mol. The Balaban J connectivity index is 1.51. The minimum atomic E-state index is -4.87. The second-order valence-electron chi connectivity index (χ2n) is 10.0. The maximum absolute atomic E-state index is 13.4. The second-order valence-corrected chi connectivity index (χ2v) is 14.6. The summed E-state index contributed by atoms with van der Waals surface area (Å²) < 4.78 is 82.3. The van der Waals surface area contributed by atoms with E-state index in [4.69, 9.17) is 35.6 Å². The lowest BCUT2D eigenvalue weighted by atomic mass is 9.88. The van der Waals surface area contributed by atoms with Crippen molar-refractivity contribution in [1.82, 2.24) is 14.5 Å². The topological polar surface area (TPSA) is 186 Å². The van der Waals surface area contributed by atoms with Crippen molar-refractivity contribution in [2.75, 3.05) is 16.6 Å². The summed E-state index contributed by atoms with van der Waals surface area (Å²) in [5, 5.41) is 12.3. The van der Waals surface area contributed by atoms with Crippen LogP contribution in [0.2, 0.25) is 5.15 Å². The van der Waals surface area contributed by atoms with Crippen LogP contribution in [0.4, 0.5) is 14.5 Å². The van der Waals surface area contributed by atoms with Gasteiger partial charge in [-0.1, -0.05) is 11.6 Å². The first kappa shape index (κ1) is 27.6. The first-order valence-corrected chi connectivity index (χ1v) is 15.3. The number of sulfone groups is 1. The Morgan fingerprint density at radius 2 is 1.97 bits per heavy atom. The number of imidazole rings is 1. The fourth-order valence-electron chi connectivity index (χ4n) is 4.98. The number of hydrogen-bond acceptors (Lipinski definition) is 10. The van der Waals surface area contributed by atoms with Gasteiger partial charge in [-0.25, -0.2) is 27.2 Å². The zero-order valence-electron chi connectivity index (χ0n) is 19.9. The molecule has 0 unspecified atom stereocenters. The van der Waals surface area contributed by atoms with E-state index in [0.29, 0.717) is 0 Å². The number of halogens is 3. The van der Waals surface area contributed by atoms with Crippen molar-refractivity contribution in [3.63, 3.8) is 0 Å². The third kappa shape index (κ3) is 5.26. The molecule has 208 valence electrons. The highest BCUT2D eigenvalue weighted by Gasteiger charge is 2.57. The Bertz CT molecular complexity index is 1480. The zero-order chi connectivity index (χ0) is 27.8. The zero-order valence-corrected chi connectivity index (χ0v) is 22.4. The average Bonchev–Trinajstić information content (AvgIpc) is 3.36. The molecule has 1 saturated carbocycles. The maximum atomic E-state index is 13.4. The molecule has 0 aromatic carbocycles. The number of fused-ring (bicyclic) bond motifs is 2. The van der Waals surface area contributed by atoms with Crippen molar-refractivity contribution >= 4 is 45.9 Å². The van der Waals surface area contributed by atoms with Crippen LogP contribution in [0, 0.1) is 11.3 Å². The monoisotopic (exact) mass is 597 g/mol. The summed E-state index contributed by atoms with van der Waals surface area (Å²) in [5.41, 5.74) is -1.05. The van der Waals surface area contributed by atoms with Crippen molar-refractivity contribution < 1.29 is 45.8 Å². The molecule has 1 aliphatic carbocycles. The van der Waals surface area contributed by atoms with Gasteiger partial charge in [0.2, 0.25) is 0 Å². The number of aromatic nitrogens is 3. The Morgan fingerprint density at radius 3 is 2.58 bits per heavy atom. The SMILES string of the molecule is CC1(C)O[C@@H]2[C@H](O1)[C@@H](CS(=O)(=O)CP(=O)(O)O)O[C@H]2n1cnc2c(NC3CC(F)(F)C3)c(C#N)c(Cl)nc21. The van der Waals surface area contributed by atoms with Crippen molar-refractivity contribution in [3.8, 4) is 6.07 Å². The number of rotatable bonds is 7. The summed E-state index contributed by atoms with van der Waals surface area (Å²) in [4.78, 5) is 26.9. The summed E-state index contributed by atoms with van der Waals surface area (Å²) in [6, 6.07) is 1.29. The van der Waals surface area contributed by atoms with Crippen molar-refractivity contribution in [1.29, 1.82) is 5.26 Å². The Morgan fingerprint density at radius 1 is 1.32 bits per heavy atom. The van der Waals surface area contributed by atoms with Crippen molar-refractivity contribution in [2.45, 2.75) is 69.0 Å². The van der Waals surface area contributed by atoms with Crippen LogP contribution in [0.15, 0.2) is 6.33 Å². The molecule has 4 atom stereocenters. The van der Waals surface area contributed by atoms with Crippen LogP contribution >= 0.6 is 19.2 Å². The number of nitrogens with zero attached hydrogens (tertiary/aromatic N) is 4. The van der Waals surface area contributed by atoms with Gasteiger partial charge in [0.1, 0.15) is 35.5 Å². The van der Waals surface area contributed by atoms with Gasteiger partial charge < -0.3 is 29.3 Å². The highest BCUT2D eigenvalue weighted by molar-refractivity contribution is 7.97. The summed E-state index contributed by atoms with van der Waals surface area (Å²) in [7, 11) is -9.13. The molecule has 38 heavy (non-hydrogen) atoms. The third-order valence-electron chi connectivity index (χ3n) is 6.40. The molecule has 2 aliphatic heterocycles. The van der Waals surface area contributed by atoms with Crippen molar-refractivity contribution in [2.24, 2.45) is 0 Å².